The van der Waals surface area contributed by atoms with Gasteiger partial charge in [0.15, 0.2) is 0 Å². The Morgan fingerprint density at radius 3 is 2.46 bits per heavy atom. The van der Waals surface area contributed by atoms with Crippen LogP contribution in [0.5, 0.6) is 0 Å². The van der Waals surface area contributed by atoms with Crippen molar-refractivity contribution in [2.75, 3.05) is 13.1 Å². The molecule has 2 N–H and O–H groups in total. The lowest BCUT2D eigenvalue weighted by atomic mass is 10.1. The van der Waals surface area contributed by atoms with E-state index in [4.69, 9.17) is 5.73 Å². The SMILES string of the molecule is CC1CC(CN)CN1C(=O)c1ccc2c(c1)nc(C(F)(F)F)n2C(C)C.Cl.Cl. The number of fused-ring (bicyclic) bond motifs is 1. The molecule has 5 nitrogen and oxygen atoms in total. The standard InChI is InChI=1S/C18H23F3N4O.2ClH/c1-10(2)25-15-5-4-13(7-14(15)23-17(25)18(19,20)21)16(26)24-9-12(8-22)6-11(24)3;;/h4-5,7,10-12H,6,8-9,22H2,1-3H3;2*1H. The predicted molar refractivity (Wildman–Crippen MR) is 107 cm³/mol. The highest BCUT2D eigenvalue weighted by atomic mass is 35.5. The maximum Gasteiger partial charge on any atom is 0.449 e. The van der Waals surface area contributed by atoms with Crippen molar-refractivity contribution in [2.24, 2.45) is 11.7 Å². The number of halogens is 5. The first-order chi connectivity index (χ1) is 12.1. The Labute approximate surface area is 174 Å². The maximum atomic E-state index is 13.3. The van der Waals surface area contributed by atoms with Crippen LogP contribution >= 0.6 is 24.8 Å². The Balaban J connectivity index is 0.00000196. The van der Waals surface area contributed by atoms with Crippen molar-refractivity contribution in [3.63, 3.8) is 0 Å². The molecule has 0 spiro atoms. The molecule has 2 atom stereocenters. The number of imidazole rings is 1. The summed E-state index contributed by atoms with van der Waals surface area (Å²) < 4.78 is 41.1. The number of amides is 1. The molecule has 0 radical (unpaired) electrons. The molecule has 1 amide bonds. The maximum absolute atomic E-state index is 13.3. The molecule has 1 aromatic carbocycles. The summed E-state index contributed by atoms with van der Waals surface area (Å²) in [7, 11) is 0. The molecule has 1 aliphatic heterocycles. The van der Waals surface area contributed by atoms with Crippen LogP contribution in [0, 0.1) is 5.92 Å². The van der Waals surface area contributed by atoms with Crippen molar-refractivity contribution in [3.8, 4) is 0 Å². The number of likely N-dealkylation sites (tertiary alicyclic amines) is 1. The topological polar surface area (TPSA) is 64.2 Å². The van der Waals surface area contributed by atoms with E-state index in [1.54, 1.807) is 30.9 Å². The van der Waals surface area contributed by atoms with Crippen molar-refractivity contribution in [3.05, 3.63) is 29.6 Å². The zero-order valence-corrected chi connectivity index (χ0v) is 17.5. The number of carbonyl (C=O) groups excluding carboxylic acids is 1. The molecule has 0 bridgehead atoms. The number of rotatable bonds is 3. The second kappa shape index (κ2) is 8.88. The number of alkyl halides is 3. The van der Waals surface area contributed by atoms with Crippen LogP contribution in [-0.2, 0) is 6.18 Å². The Bertz CT molecular complexity index is 838. The van der Waals surface area contributed by atoms with Crippen LogP contribution in [0.25, 0.3) is 11.0 Å². The van der Waals surface area contributed by atoms with Gasteiger partial charge in [0.1, 0.15) is 0 Å². The summed E-state index contributed by atoms with van der Waals surface area (Å²) in [6.07, 6.45) is -3.71. The largest absolute Gasteiger partial charge is 0.449 e. The van der Waals surface area contributed by atoms with E-state index < -0.39 is 18.0 Å². The first kappa shape index (κ1) is 24.5. The highest BCUT2D eigenvalue weighted by Gasteiger charge is 2.38. The molecule has 1 saturated heterocycles. The molecule has 158 valence electrons. The van der Waals surface area contributed by atoms with E-state index in [2.05, 4.69) is 4.98 Å². The monoisotopic (exact) mass is 440 g/mol. The fourth-order valence-electron chi connectivity index (χ4n) is 3.72. The molecular weight excluding hydrogens is 416 g/mol. The second-order valence-corrected chi connectivity index (χ2v) is 7.24. The van der Waals surface area contributed by atoms with E-state index in [-0.39, 0.29) is 48.2 Å². The van der Waals surface area contributed by atoms with E-state index in [1.807, 2.05) is 6.92 Å². The van der Waals surface area contributed by atoms with E-state index >= 15 is 0 Å². The van der Waals surface area contributed by atoms with Crippen LogP contribution in [0.4, 0.5) is 13.2 Å². The third-order valence-electron chi connectivity index (χ3n) is 4.96. The van der Waals surface area contributed by atoms with Gasteiger partial charge in [0, 0.05) is 24.2 Å². The Kier molecular flexibility index (Phi) is 7.78. The summed E-state index contributed by atoms with van der Waals surface area (Å²) in [5, 5.41) is 0. The van der Waals surface area contributed by atoms with Gasteiger partial charge in [-0.1, -0.05) is 0 Å². The minimum absolute atomic E-state index is 0. The van der Waals surface area contributed by atoms with Crippen molar-refractivity contribution < 1.29 is 18.0 Å². The van der Waals surface area contributed by atoms with Crippen LogP contribution in [0.3, 0.4) is 0 Å². The Hall–Kier alpha value is -1.51. The molecular formula is C18H25Cl2F3N4O. The Morgan fingerprint density at radius 1 is 1.32 bits per heavy atom. The molecule has 2 unspecified atom stereocenters. The van der Waals surface area contributed by atoms with Gasteiger partial charge in [-0.15, -0.1) is 24.8 Å². The Morgan fingerprint density at radius 2 is 1.96 bits per heavy atom. The highest BCUT2D eigenvalue weighted by Crippen LogP contribution is 2.34. The average molecular weight is 441 g/mol. The van der Waals surface area contributed by atoms with Crippen molar-refractivity contribution in [1.82, 2.24) is 14.5 Å². The van der Waals surface area contributed by atoms with Crippen molar-refractivity contribution in [2.45, 2.75) is 45.5 Å². The van der Waals surface area contributed by atoms with Crippen LogP contribution in [-0.4, -0.2) is 39.5 Å². The minimum Gasteiger partial charge on any atom is -0.336 e. The lowest BCUT2D eigenvalue weighted by Crippen LogP contribution is -2.34. The number of hydrogen-bond acceptors (Lipinski definition) is 3. The summed E-state index contributed by atoms with van der Waals surface area (Å²) >= 11 is 0. The fourth-order valence-corrected chi connectivity index (χ4v) is 3.72. The molecule has 2 aromatic rings. The zero-order valence-electron chi connectivity index (χ0n) is 15.9. The highest BCUT2D eigenvalue weighted by molar-refractivity contribution is 5.97. The minimum atomic E-state index is -4.55. The molecule has 0 aliphatic carbocycles. The molecule has 1 aromatic heterocycles. The normalized spacial score (nSPS) is 19.6. The summed E-state index contributed by atoms with van der Waals surface area (Å²) in [5.41, 5.74) is 6.61. The molecule has 3 rings (SSSR count). The van der Waals surface area contributed by atoms with Crippen molar-refractivity contribution >= 4 is 41.8 Å². The van der Waals surface area contributed by atoms with E-state index in [0.29, 0.717) is 24.2 Å². The number of nitrogens with two attached hydrogens (primary N) is 1. The zero-order chi connectivity index (χ0) is 19.2. The van der Waals surface area contributed by atoms with Gasteiger partial charge >= 0.3 is 6.18 Å². The van der Waals surface area contributed by atoms with Gasteiger partial charge in [0.05, 0.1) is 11.0 Å². The lowest BCUT2D eigenvalue weighted by molar-refractivity contribution is -0.147. The summed E-state index contributed by atoms with van der Waals surface area (Å²) in [5.74, 6) is -0.873. The van der Waals surface area contributed by atoms with Crippen LogP contribution in [0.2, 0.25) is 0 Å². The number of carbonyl (C=O) groups is 1. The van der Waals surface area contributed by atoms with Gasteiger partial charge < -0.3 is 15.2 Å². The van der Waals surface area contributed by atoms with E-state index in [9.17, 15) is 18.0 Å². The van der Waals surface area contributed by atoms with Gasteiger partial charge in [-0.05, 0) is 57.9 Å². The molecule has 0 saturated carbocycles. The molecule has 28 heavy (non-hydrogen) atoms. The van der Waals surface area contributed by atoms with E-state index in [1.165, 1.54) is 6.07 Å². The van der Waals surface area contributed by atoms with Gasteiger partial charge in [0.25, 0.3) is 5.91 Å². The first-order valence-electron chi connectivity index (χ1n) is 8.73. The summed E-state index contributed by atoms with van der Waals surface area (Å²) in [4.78, 5) is 18.3. The average Bonchev–Trinajstić information content (AvgIpc) is 3.13. The summed E-state index contributed by atoms with van der Waals surface area (Å²) in [6.45, 7) is 6.40. The van der Waals surface area contributed by atoms with Gasteiger partial charge in [-0.25, -0.2) is 4.98 Å². The number of hydrogen-bond donors (Lipinski definition) is 1. The van der Waals surface area contributed by atoms with Gasteiger partial charge in [0.2, 0.25) is 5.82 Å². The molecule has 1 fully saturated rings. The molecule has 2 heterocycles. The van der Waals surface area contributed by atoms with Gasteiger partial charge in [-0.3, -0.25) is 4.79 Å². The van der Waals surface area contributed by atoms with Crippen LogP contribution < -0.4 is 5.73 Å². The van der Waals surface area contributed by atoms with E-state index in [0.717, 1.165) is 11.0 Å². The smallest absolute Gasteiger partial charge is 0.336 e. The van der Waals surface area contributed by atoms with Crippen molar-refractivity contribution in [1.29, 1.82) is 0 Å². The first-order valence-corrected chi connectivity index (χ1v) is 8.73. The quantitative estimate of drug-likeness (QED) is 0.773. The van der Waals surface area contributed by atoms with Crippen LogP contribution in [0.15, 0.2) is 18.2 Å². The fraction of sp³-hybridized carbons (Fsp3) is 0.556. The number of nitrogens with zero attached hydrogens (tertiary/aromatic N) is 3. The third-order valence-corrected chi connectivity index (χ3v) is 4.96. The summed E-state index contributed by atoms with van der Waals surface area (Å²) in [6, 6.07) is 4.24. The molecule has 10 heteroatoms. The molecule has 1 aliphatic rings. The number of benzene rings is 1. The van der Waals surface area contributed by atoms with Crippen LogP contribution in [0.1, 0.15) is 49.4 Å². The number of aromatic nitrogens is 2. The predicted octanol–water partition coefficient (Wildman–Crippen LogP) is 4.29. The third kappa shape index (κ3) is 4.39. The lowest BCUT2D eigenvalue weighted by Gasteiger charge is -2.21. The van der Waals surface area contributed by atoms with Gasteiger partial charge in [-0.2, -0.15) is 13.2 Å². The second-order valence-electron chi connectivity index (χ2n) is 7.24.